The Labute approximate surface area is 111 Å². The van der Waals surface area contributed by atoms with Gasteiger partial charge in [0.1, 0.15) is 0 Å². The highest BCUT2D eigenvalue weighted by Crippen LogP contribution is 2.28. The van der Waals surface area contributed by atoms with E-state index >= 15 is 0 Å². The van der Waals surface area contributed by atoms with E-state index in [4.69, 9.17) is 19.9 Å². The number of hydrogen-bond donors (Lipinski definition) is 1. The molecule has 1 aliphatic rings. The van der Waals surface area contributed by atoms with Crippen LogP contribution in [0.5, 0.6) is 0 Å². The maximum absolute atomic E-state index is 5.98. The Balaban J connectivity index is 2.73. The third kappa shape index (κ3) is 3.42. The molecule has 1 aliphatic heterocycles. The van der Waals surface area contributed by atoms with Gasteiger partial charge in [0.05, 0.1) is 12.1 Å². The van der Waals surface area contributed by atoms with Crippen molar-refractivity contribution in [3.63, 3.8) is 0 Å². The van der Waals surface area contributed by atoms with Crippen LogP contribution in [-0.4, -0.2) is 64.3 Å². The van der Waals surface area contributed by atoms with E-state index in [9.17, 15) is 0 Å². The van der Waals surface area contributed by atoms with Gasteiger partial charge in [-0.05, 0) is 32.2 Å². The van der Waals surface area contributed by atoms with Crippen molar-refractivity contribution in [2.24, 2.45) is 11.7 Å². The third-order valence-corrected chi connectivity index (χ3v) is 3.99. The topological polar surface area (TPSA) is 57.0 Å². The zero-order valence-electron chi connectivity index (χ0n) is 12.1. The van der Waals surface area contributed by atoms with Crippen LogP contribution in [0.3, 0.4) is 0 Å². The highest BCUT2D eigenvalue weighted by Gasteiger charge is 2.41. The molecule has 0 aromatic heterocycles. The lowest BCUT2D eigenvalue weighted by Gasteiger charge is -2.47. The summed E-state index contributed by atoms with van der Waals surface area (Å²) in [5, 5.41) is 0. The van der Waals surface area contributed by atoms with E-state index in [1.807, 2.05) is 0 Å². The van der Waals surface area contributed by atoms with Gasteiger partial charge in [0.25, 0.3) is 0 Å². The summed E-state index contributed by atoms with van der Waals surface area (Å²) in [4.78, 5) is 2.39. The molecule has 1 heterocycles. The van der Waals surface area contributed by atoms with Crippen molar-refractivity contribution < 1.29 is 14.2 Å². The summed E-state index contributed by atoms with van der Waals surface area (Å²) in [7, 11) is 5.09. The van der Waals surface area contributed by atoms with E-state index in [2.05, 4.69) is 11.8 Å². The first kappa shape index (κ1) is 15.9. The van der Waals surface area contributed by atoms with Gasteiger partial charge < -0.3 is 19.9 Å². The molecule has 5 heteroatoms. The summed E-state index contributed by atoms with van der Waals surface area (Å²) < 4.78 is 16.1. The number of nitrogens with two attached hydrogens (primary N) is 1. The second-order valence-corrected chi connectivity index (χ2v) is 5.27. The van der Waals surface area contributed by atoms with Crippen molar-refractivity contribution in [3.05, 3.63) is 0 Å². The minimum atomic E-state index is -0.302. The average Bonchev–Trinajstić information content (AvgIpc) is 2.40. The van der Waals surface area contributed by atoms with Gasteiger partial charge >= 0.3 is 0 Å². The number of methoxy groups -OCH3 is 3. The zero-order valence-corrected chi connectivity index (χ0v) is 12.1. The second kappa shape index (κ2) is 7.40. The molecule has 0 saturated carbocycles. The van der Waals surface area contributed by atoms with Gasteiger partial charge in [0.15, 0.2) is 6.29 Å². The molecular weight excluding hydrogens is 232 g/mol. The first-order valence-electron chi connectivity index (χ1n) is 6.62. The Morgan fingerprint density at radius 3 is 2.50 bits per heavy atom. The normalized spacial score (nSPS) is 25.3. The van der Waals surface area contributed by atoms with Crippen LogP contribution in [0.25, 0.3) is 0 Å². The van der Waals surface area contributed by atoms with Crippen molar-refractivity contribution >= 4 is 0 Å². The monoisotopic (exact) mass is 260 g/mol. The molecule has 2 N–H and O–H groups in total. The summed E-state index contributed by atoms with van der Waals surface area (Å²) in [5.41, 5.74) is 5.69. The van der Waals surface area contributed by atoms with Crippen LogP contribution >= 0.6 is 0 Å². The highest BCUT2D eigenvalue weighted by molar-refractivity contribution is 4.93. The molecule has 5 nitrogen and oxygen atoms in total. The number of rotatable bonds is 7. The molecule has 0 radical (unpaired) electrons. The van der Waals surface area contributed by atoms with Gasteiger partial charge in [-0.15, -0.1) is 0 Å². The van der Waals surface area contributed by atoms with Gasteiger partial charge in [-0.2, -0.15) is 0 Å². The van der Waals surface area contributed by atoms with Crippen LogP contribution in [-0.2, 0) is 14.2 Å². The Hall–Kier alpha value is -0.200. The fraction of sp³-hybridized carbons (Fsp3) is 1.00. The molecule has 108 valence electrons. The summed E-state index contributed by atoms with van der Waals surface area (Å²) >= 11 is 0. The Bertz CT molecular complexity index is 234. The van der Waals surface area contributed by atoms with Gasteiger partial charge in [-0.25, -0.2) is 0 Å². The van der Waals surface area contributed by atoms with Gasteiger partial charge in [-0.3, -0.25) is 4.90 Å². The third-order valence-electron chi connectivity index (χ3n) is 3.99. The van der Waals surface area contributed by atoms with Crippen molar-refractivity contribution in [1.82, 2.24) is 4.90 Å². The Morgan fingerprint density at radius 1 is 1.33 bits per heavy atom. The van der Waals surface area contributed by atoms with Crippen LogP contribution < -0.4 is 5.73 Å². The molecule has 18 heavy (non-hydrogen) atoms. The van der Waals surface area contributed by atoms with Crippen molar-refractivity contribution in [2.45, 2.75) is 31.6 Å². The molecule has 2 unspecified atom stereocenters. The molecule has 0 aromatic carbocycles. The average molecular weight is 260 g/mol. The Kier molecular flexibility index (Phi) is 6.52. The molecule has 0 aliphatic carbocycles. The quantitative estimate of drug-likeness (QED) is 0.682. The summed E-state index contributed by atoms with van der Waals surface area (Å²) in [6, 6.07) is 0. The minimum absolute atomic E-state index is 0.282. The molecule has 2 atom stereocenters. The van der Waals surface area contributed by atoms with Crippen LogP contribution in [0.4, 0.5) is 0 Å². The molecule has 1 saturated heterocycles. The number of ether oxygens (including phenoxy) is 3. The van der Waals surface area contributed by atoms with Crippen LogP contribution in [0, 0.1) is 5.92 Å². The van der Waals surface area contributed by atoms with Crippen molar-refractivity contribution in [2.75, 3.05) is 47.6 Å². The van der Waals surface area contributed by atoms with Crippen LogP contribution in [0.15, 0.2) is 0 Å². The summed E-state index contributed by atoms with van der Waals surface area (Å²) in [5.74, 6) is 0.573. The standard InChI is InChI=1S/C13H28N2O3/c1-13(10-14,12(17-3)18-4)15-7-5-6-11(8-15)9-16-2/h11-12H,5-10,14H2,1-4H3. The number of nitrogens with zero attached hydrogens (tertiary/aromatic N) is 1. The van der Waals surface area contributed by atoms with Crippen LogP contribution in [0.1, 0.15) is 19.8 Å². The van der Waals surface area contributed by atoms with E-state index in [0.717, 1.165) is 19.7 Å². The highest BCUT2D eigenvalue weighted by atomic mass is 16.7. The second-order valence-electron chi connectivity index (χ2n) is 5.27. The maximum Gasteiger partial charge on any atom is 0.176 e. The SMILES string of the molecule is COCC1CCCN(C(C)(CN)C(OC)OC)C1. The number of piperidine rings is 1. The largest absolute Gasteiger partial charge is 0.384 e. The minimum Gasteiger partial charge on any atom is -0.384 e. The molecule has 1 rings (SSSR count). The molecule has 0 bridgehead atoms. The Morgan fingerprint density at radius 2 is 2.00 bits per heavy atom. The molecule has 0 aromatic rings. The van der Waals surface area contributed by atoms with Gasteiger partial charge in [-0.1, -0.05) is 0 Å². The predicted octanol–water partition coefficient (Wildman–Crippen LogP) is 0.681. The molecular formula is C13H28N2O3. The predicted molar refractivity (Wildman–Crippen MR) is 71.4 cm³/mol. The van der Waals surface area contributed by atoms with Gasteiger partial charge in [0, 0.05) is 34.4 Å². The molecule has 0 spiro atoms. The van der Waals surface area contributed by atoms with Gasteiger partial charge in [0.2, 0.25) is 0 Å². The van der Waals surface area contributed by atoms with E-state index in [1.54, 1.807) is 21.3 Å². The van der Waals surface area contributed by atoms with E-state index in [0.29, 0.717) is 12.5 Å². The van der Waals surface area contributed by atoms with E-state index in [-0.39, 0.29) is 11.8 Å². The summed E-state index contributed by atoms with van der Waals surface area (Å²) in [6.07, 6.45) is 2.09. The number of likely N-dealkylation sites (tertiary alicyclic amines) is 1. The summed E-state index contributed by atoms with van der Waals surface area (Å²) in [6.45, 7) is 5.46. The zero-order chi connectivity index (χ0) is 13.6. The van der Waals surface area contributed by atoms with E-state index in [1.165, 1.54) is 12.8 Å². The smallest absolute Gasteiger partial charge is 0.176 e. The van der Waals surface area contributed by atoms with Crippen LogP contribution in [0.2, 0.25) is 0 Å². The van der Waals surface area contributed by atoms with E-state index < -0.39 is 0 Å². The lowest BCUT2D eigenvalue weighted by molar-refractivity contribution is -0.186. The first-order valence-corrected chi connectivity index (χ1v) is 6.62. The maximum atomic E-state index is 5.98. The van der Waals surface area contributed by atoms with Crippen molar-refractivity contribution in [3.8, 4) is 0 Å². The molecule has 0 amide bonds. The first-order chi connectivity index (χ1) is 8.62. The van der Waals surface area contributed by atoms with Crippen molar-refractivity contribution in [1.29, 1.82) is 0 Å². The number of hydrogen-bond acceptors (Lipinski definition) is 5. The lowest BCUT2D eigenvalue weighted by Crippen LogP contribution is -2.62. The fourth-order valence-electron chi connectivity index (χ4n) is 2.88. The fourth-order valence-corrected chi connectivity index (χ4v) is 2.88. The molecule has 1 fully saturated rings. The lowest BCUT2D eigenvalue weighted by atomic mass is 9.91.